The van der Waals surface area contributed by atoms with E-state index in [0.29, 0.717) is 18.2 Å². The highest BCUT2D eigenvalue weighted by atomic mass is 32.1. The summed E-state index contributed by atoms with van der Waals surface area (Å²) in [5, 5.41) is 4.32. The number of benzene rings is 1. The van der Waals surface area contributed by atoms with Gasteiger partial charge in [0.05, 0.1) is 18.8 Å². The molecule has 27 heavy (non-hydrogen) atoms. The van der Waals surface area contributed by atoms with Crippen molar-refractivity contribution >= 4 is 22.7 Å². The Hall–Kier alpha value is -2.28. The third-order valence-corrected chi connectivity index (χ3v) is 6.82. The zero-order chi connectivity index (χ0) is 18.2. The molecule has 0 amide bonds. The Balaban J connectivity index is 1.42. The van der Waals surface area contributed by atoms with Crippen LogP contribution in [0.4, 0.5) is 4.39 Å². The first-order chi connectivity index (χ1) is 13.3. The summed E-state index contributed by atoms with van der Waals surface area (Å²) >= 11 is 3.64. The van der Waals surface area contributed by atoms with Crippen LogP contribution in [0.25, 0.3) is 11.3 Å². The Morgan fingerprint density at radius 3 is 2.81 bits per heavy atom. The van der Waals surface area contributed by atoms with Gasteiger partial charge in [0, 0.05) is 21.9 Å². The highest BCUT2D eigenvalue weighted by molar-refractivity contribution is 7.10. The van der Waals surface area contributed by atoms with E-state index in [-0.39, 0.29) is 11.9 Å². The SMILES string of the molecule is Fc1ccc(-c2cnc(CN3CCc4sccc4[C@@H]3c3cccs3)o2)cc1. The number of thiophene rings is 2. The van der Waals surface area contributed by atoms with Gasteiger partial charge in [0.25, 0.3) is 0 Å². The molecule has 0 spiro atoms. The second-order valence-electron chi connectivity index (χ2n) is 6.56. The largest absolute Gasteiger partial charge is 0.439 e. The molecule has 4 heterocycles. The fourth-order valence-corrected chi connectivity index (χ4v) is 5.40. The van der Waals surface area contributed by atoms with E-state index in [1.165, 1.54) is 27.5 Å². The third kappa shape index (κ3) is 3.25. The van der Waals surface area contributed by atoms with Gasteiger partial charge >= 0.3 is 0 Å². The molecule has 0 unspecified atom stereocenters. The Morgan fingerprint density at radius 1 is 1.11 bits per heavy atom. The van der Waals surface area contributed by atoms with Crippen molar-refractivity contribution < 1.29 is 8.81 Å². The molecule has 1 aromatic carbocycles. The maximum Gasteiger partial charge on any atom is 0.209 e. The summed E-state index contributed by atoms with van der Waals surface area (Å²) in [6.45, 7) is 1.63. The second-order valence-corrected chi connectivity index (χ2v) is 8.54. The Kier molecular flexibility index (Phi) is 4.39. The van der Waals surface area contributed by atoms with Crippen LogP contribution in [0.5, 0.6) is 0 Å². The highest BCUT2D eigenvalue weighted by Crippen LogP contribution is 2.40. The number of nitrogens with zero attached hydrogens (tertiary/aromatic N) is 2. The van der Waals surface area contributed by atoms with Gasteiger partial charge in [-0.1, -0.05) is 6.07 Å². The van der Waals surface area contributed by atoms with Gasteiger partial charge in [-0.2, -0.15) is 0 Å². The third-order valence-electron chi connectivity index (χ3n) is 4.90. The second kappa shape index (κ2) is 7.03. The van der Waals surface area contributed by atoms with Crippen LogP contribution < -0.4 is 0 Å². The van der Waals surface area contributed by atoms with Gasteiger partial charge in [-0.05, 0) is 59.1 Å². The molecule has 1 aliphatic heterocycles. The summed E-state index contributed by atoms with van der Waals surface area (Å²) in [7, 11) is 0. The smallest absolute Gasteiger partial charge is 0.209 e. The average molecular weight is 397 g/mol. The van der Waals surface area contributed by atoms with E-state index in [0.717, 1.165) is 18.5 Å². The Morgan fingerprint density at radius 2 is 2.00 bits per heavy atom. The topological polar surface area (TPSA) is 29.3 Å². The lowest BCUT2D eigenvalue weighted by Gasteiger charge is -2.34. The first-order valence-electron chi connectivity index (χ1n) is 8.82. The van der Waals surface area contributed by atoms with Crippen LogP contribution in [0.3, 0.4) is 0 Å². The molecule has 3 aromatic heterocycles. The van der Waals surface area contributed by atoms with E-state index in [9.17, 15) is 4.39 Å². The van der Waals surface area contributed by atoms with Gasteiger partial charge < -0.3 is 4.42 Å². The molecule has 4 aromatic rings. The van der Waals surface area contributed by atoms with E-state index in [1.807, 2.05) is 11.3 Å². The fraction of sp³-hybridized carbons (Fsp3) is 0.190. The first-order valence-corrected chi connectivity index (χ1v) is 10.6. The van der Waals surface area contributed by atoms with E-state index >= 15 is 0 Å². The molecule has 1 aliphatic rings. The van der Waals surface area contributed by atoms with Crippen molar-refractivity contribution in [3.8, 4) is 11.3 Å². The monoisotopic (exact) mass is 396 g/mol. The number of hydrogen-bond donors (Lipinski definition) is 0. The van der Waals surface area contributed by atoms with Crippen LogP contribution in [-0.4, -0.2) is 16.4 Å². The van der Waals surface area contributed by atoms with Crippen molar-refractivity contribution in [1.29, 1.82) is 0 Å². The number of hydrogen-bond acceptors (Lipinski definition) is 5. The maximum atomic E-state index is 13.1. The molecule has 0 saturated carbocycles. The number of fused-ring (bicyclic) bond motifs is 1. The van der Waals surface area contributed by atoms with Crippen LogP contribution in [-0.2, 0) is 13.0 Å². The average Bonchev–Trinajstić information content (AvgIpc) is 3.44. The van der Waals surface area contributed by atoms with E-state index in [2.05, 4.69) is 38.8 Å². The maximum absolute atomic E-state index is 13.1. The molecular weight excluding hydrogens is 379 g/mol. The molecule has 0 saturated heterocycles. The zero-order valence-electron chi connectivity index (χ0n) is 14.5. The first kappa shape index (κ1) is 16.9. The van der Waals surface area contributed by atoms with Crippen molar-refractivity contribution in [2.24, 2.45) is 0 Å². The van der Waals surface area contributed by atoms with E-state index < -0.39 is 0 Å². The van der Waals surface area contributed by atoms with Crippen molar-refractivity contribution in [1.82, 2.24) is 9.88 Å². The normalized spacial score (nSPS) is 17.1. The molecule has 0 aliphatic carbocycles. The molecule has 0 N–H and O–H groups in total. The lowest BCUT2D eigenvalue weighted by Crippen LogP contribution is -2.34. The summed E-state index contributed by atoms with van der Waals surface area (Å²) in [6.07, 6.45) is 2.78. The van der Waals surface area contributed by atoms with Gasteiger partial charge in [0.15, 0.2) is 5.76 Å². The standard InChI is InChI=1S/C21H17FN2OS2/c22-15-5-3-14(4-6-15)17-12-23-20(25-17)13-24-9-7-18-16(8-11-27-18)21(24)19-2-1-10-26-19/h1-6,8,10-12,21H,7,9,13H2/t21-/m1/s1. The molecule has 136 valence electrons. The number of rotatable bonds is 4. The number of halogens is 1. The minimum absolute atomic E-state index is 0.251. The molecule has 1 atom stereocenters. The van der Waals surface area contributed by atoms with Gasteiger partial charge in [0.1, 0.15) is 5.82 Å². The summed E-state index contributed by atoms with van der Waals surface area (Å²) in [4.78, 5) is 9.73. The molecule has 5 rings (SSSR count). The lowest BCUT2D eigenvalue weighted by atomic mass is 9.98. The zero-order valence-corrected chi connectivity index (χ0v) is 16.1. The predicted molar refractivity (Wildman–Crippen MR) is 106 cm³/mol. The quantitative estimate of drug-likeness (QED) is 0.440. The molecular formula is C21H17FN2OS2. The van der Waals surface area contributed by atoms with Gasteiger partial charge in [0.2, 0.25) is 5.89 Å². The van der Waals surface area contributed by atoms with Crippen LogP contribution in [0.1, 0.15) is 27.3 Å². The van der Waals surface area contributed by atoms with Crippen LogP contribution in [0, 0.1) is 5.82 Å². The summed E-state index contributed by atoms with van der Waals surface area (Å²) < 4.78 is 19.1. The predicted octanol–water partition coefficient (Wildman–Crippen LogP) is 5.75. The van der Waals surface area contributed by atoms with Crippen molar-refractivity contribution in [2.75, 3.05) is 6.54 Å². The molecule has 0 fully saturated rings. The van der Waals surface area contributed by atoms with Crippen LogP contribution >= 0.6 is 22.7 Å². The van der Waals surface area contributed by atoms with Crippen molar-refractivity contribution in [2.45, 2.75) is 19.0 Å². The van der Waals surface area contributed by atoms with Gasteiger partial charge in [-0.15, -0.1) is 22.7 Å². The van der Waals surface area contributed by atoms with Gasteiger partial charge in [-0.3, -0.25) is 4.90 Å². The molecule has 0 radical (unpaired) electrons. The Labute approximate surface area is 164 Å². The summed E-state index contributed by atoms with van der Waals surface area (Å²) in [5.74, 6) is 1.11. The van der Waals surface area contributed by atoms with Crippen molar-refractivity contribution in [3.63, 3.8) is 0 Å². The number of oxazole rings is 1. The molecule has 0 bridgehead atoms. The number of aromatic nitrogens is 1. The Bertz CT molecular complexity index is 1040. The highest BCUT2D eigenvalue weighted by Gasteiger charge is 2.31. The van der Waals surface area contributed by atoms with Gasteiger partial charge in [-0.25, -0.2) is 9.37 Å². The summed E-state index contributed by atoms with van der Waals surface area (Å²) in [5.41, 5.74) is 2.24. The molecule has 3 nitrogen and oxygen atoms in total. The minimum atomic E-state index is -0.253. The lowest BCUT2D eigenvalue weighted by molar-refractivity contribution is 0.190. The fourth-order valence-electron chi connectivity index (χ4n) is 3.62. The van der Waals surface area contributed by atoms with Crippen LogP contribution in [0.15, 0.2) is 63.8 Å². The van der Waals surface area contributed by atoms with E-state index in [1.54, 1.807) is 29.7 Å². The minimum Gasteiger partial charge on any atom is -0.439 e. The van der Waals surface area contributed by atoms with Crippen molar-refractivity contribution in [3.05, 3.63) is 86.4 Å². The van der Waals surface area contributed by atoms with E-state index in [4.69, 9.17) is 4.42 Å². The molecule has 6 heteroatoms. The van der Waals surface area contributed by atoms with Crippen LogP contribution in [0.2, 0.25) is 0 Å². The summed E-state index contributed by atoms with van der Waals surface area (Å²) in [6, 6.07) is 13.1.